The van der Waals surface area contributed by atoms with Gasteiger partial charge in [0.25, 0.3) is 5.22 Å². The molecule has 0 saturated heterocycles. The molecular formula is C17H13BrClN3O3S. The quantitative estimate of drug-likeness (QED) is 0.534. The Labute approximate surface area is 167 Å². The monoisotopic (exact) mass is 453 g/mol. The minimum atomic E-state index is -0.238. The minimum absolute atomic E-state index is 0.107. The zero-order valence-electron chi connectivity index (χ0n) is 13.5. The maximum Gasteiger partial charge on any atom is 0.277 e. The van der Waals surface area contributed by atoms with Crippen LogP contribution in [0.3, 0.4) is 0 Å². The number of hydrogen-bond donors (Lipinski definition) is 1. The van der Waals surface area contributed by atoms with Gasteiger partial charge in [0.1, 0.15) is 5.75 Å². The van der Waals surface area contributed by atoms with Crippen LogP contribution in [0.2, 0.25) is 5.02 Å². The van der Waals surface area contributed by atoms with Crippen molar-refractivity contribution < 1.29 is 13.9 Å². The second kappa shape index (κ2) is 8.57. The van der Waals surface area contributed by atoms with Crippen molar-refractivity contribution in [2.75, 3.05) is 18.2 Å². The smallest absolute Gasteiger partial charge is 0.277 e. The van der Waals surface area contributed by atoms with E-state index >= 15 is 0 Å². The first kappa shape index (κ1) is 18.8. The molecule has 3 aromatic rings. The van der Waals surface area contributed by atoms with Gasteiger partial charge in [-0.2, -0.15) is 0 Å². The fourth-order valence-electron chi connectivity index (χ4n) is 2.10. The van der Waals surface area contributed by atoms with Gasteiger partial charge in [-0.25, -0.2) is 0 Å². The van der Waals surface area contributed by atoms with Crippen LogP contribution in [0.5, 0.6) is 5.75 Å². The number of benzene rings is 2. The predicted molar refractivity (Wildman–Crippen MR) is 105 cm³/mol. The largest absolute Gasteiger partial charge is 0.495 e. The van der Waals surface area contributed by atoms with E-state index in [0.717, 1.165) is 21.8 Å². The molecule has 0 radical (unpaired) electrons. The Morgan fingerprint density at radius 3 is 2.92 bits per heavy atom. The van der Waals surface area contributed by atoms with E-state index in [4.69, 9.17) is 20.8 Å². The van der Waals surface area contributed by atoms with Gasteiger partial charge in [-0.1, -0.05) is 45.4 Å². The van der Waals surface area contributed by atoms with Gasteiger partial charge in [0, 0.05) is 15.1 Å². The van der Waals surface area contributed by atoms with Crippen molar-refractivity contribution in [3.8, 4) is 17.2 Å². The summed E-state index contributed by atoms with van der Waals surface area (Å²) in [7, 11) is 1.52. The van der Waals surface area contributed by atoms with Crippen molar-refractivity contribution >= 4 is 50.9 Å². The first-order valence-corrected chi connectivity index (χ1v) is 9.56. The Kier molecular flexibility index (Phi) is 6.18. The van der Waals surface area contributed by atoms with Gasteiger partial charge in [-0.3, -0.25) is 4.79 Å². The Bertz CT molecular complexity index is 935. The SMILES string of the molecule is COc1ccc(Cl)cc1NC(=O)CSc1nnc(-c2cccc(Br)c2)o1. The van der Waals surface area contributed by atoms with Crippen LogP contribution in [0.1, 0.15) is 0 Å². The van der Waals surface area contributed by atoms with Crippen LogP contribution in [0, 0.1) is 0 Å². The van der Waals surface area contributed by atoms with E-state index in [0.29, 0.717) is 27.6 Å². The number of methoxy groups -OCH3 is 1. The molecule has 9 heteroatoms. The lowest BCUT2D eigenvalue weighted by molar-refractivity contribution is -0.113. The molecule has 1 N–H and O–H groups in total. The summed E-state index contributed by atoms with van der Waals surface area (Å²) < 4.78 is 11.7. The highest BCUT2D eigenvalue weighted by atomic mass is 79.9. The van der Waals surface area contributed by atoms with E-state index in [2.05, 4.69) is 31.4 Å². The number of halogens is 2. The number of nitrogens with one attached hydrogen (secondary N) is 1. The molecule has 0 bridgehead atoms. The number of thioether (sulfide) groups is 1. The number of rotatable bonds is 6. The maximum absolute atomic E-state index is 12.2. The molecule has 1 aromatic heterocycles. The van der Waals surface area contributed by atoms with Crippen LogP contribution in [0.15, 0.2) is 56.6 Å². The molecule has 0 saturated carbocycles. The van der Waals surface area contributed by atoms with Crippen LogP contribution >= 0.6 is 39.3 Å². The van der Waals surface area contributed by atoms with E-state index in [-0.39, 0.29) is 11.7 Å². The maximum atomic E-state index is 12.2. The number of aromatic nitrogens is 2. The Balaban J connectivity index is 1.61. The molecule has 0 aliphatic heterocycles. The van der Waals surface area contributed by atoms with Gasteiger partial charge in [-0.15, -0.1) is 10.2 Å². The third-order valence-electron chi connectivity index (χ3n) is 3.24. The standard InChI is InChI=1S/C17H13BrClN3O3S/c1-24-14-6-5-12(19)8-13(14)20-15(23)9-26-17-22-21-16(25-17)10-3-2-4-11(18)7-10/h2-8H,9H2,1H3,(H,20,23). The van der Waals surface area contributed by atoms with Crippen molar-refractivity contribution in [2.45, 2.75) is 5.22 Å². The molecule has 6 nitrogen and oxygen atoms in total. The molecule has 134 valence electrons. The van der Waals surface area contributed by atoms with E-state index < -0.39 is 0 Å². The van der Waals surface area contributed by atoms with E-state index in [1.807, 2.05) is 24.3 Å². The third kappa shape index (κ3) is 4.78. The summed E-state index contributed by atoms with van der Waals surface area (Å²) in [4.78, 5) is 12.2. The predicted octanol–water partition coefficient (Wildman–Crippen LogP) is 4.89. The van der Waals surface area contributed by atoms with Gasteiger partial charge in [0.2, 0.25) is 11.8 Å². The summed E-state index contributed by atoms with van der Waals surface area (Å²) >= 11 is 10.5. The van der Waals surface area contributed by atoms with Crippen LogP contribution in [0.4, 0.5) is 5.69 Å². The van der Waals surface area contributed by atoms with Gasteiger partial charge in [0.15, 0.2) is 0 Å². The molecule has 0 fully saturated rings. The lowest BCUT2D eigenvalue weighted by atomic mass is 10.2. The van der Waals surface area contributed by atoms with E-state index in [9.17, 15) is 4.79 Å². The van der Waals surface area contributed by atoms with Gasteiger partial charge in [0.05, 0.1) is 18.6 Å². The number of nitrogens with zero attached hydrogens (tertiary/aromatic N) is 2. The lowest BCUT2D eigenvalue weighted by Gasteiger charge is -2.09. The third-order valence-corrected chi connectivity index (χ3v) is 4.79. The number of anilines is 1. The van der Waals surface area contributed by atoms with E-state index in [1.54, 1.807) is 18.2 Å². The van der Waals surface area contributed by atoms with Crippen molar-refractivity contribution in [3.63, 3.8) is 0 Å². The fourth-order valence-corrected chi connectivity index (χ4v) is 3.23. The molecule has 1 amide bonds. The number of ether oxygens (including phenoxy) is 1. The zero-order valence-corrected chi connectivity index (χ0v) is 16.7. The summed E-state index contributed by atoms with van der Waals surface area (Å²) in [5.74, 6) is 0.793. The summed E-state index contributed by atoms with van der Waals surface area (Å²) in [6, 6.07) is 12.5. The topological polar surface area (TPSA) is 77.2 Å². The van der Waals surface area contributed by atoms with Crippen molar-refractivity contribution in [2.24, 2.45) is 0 Å². The zero-order chi connectivity index (χ0) is 18.5. The Morgan fingerprint density at radius 2 is 2.15 bits per heavy atom. The average Bonchev–Trinajstić information content (AvgIpc) is 3.09. The van der Waals surface area contributed by atoms with Crippen LogP contribution < -0.4 is 10.1 Å². The fraction of sp³-hybridized carbons (Fsp3) is 0.118. The normalized spacial score (nSPS) is 10.6. The lowest BCUT2D eigenvalue weighted by Crippen LogP contribution is -2.14. The molecule has 0 spiro atoms. The van der Waals surface area contributed by atoms with Crippen molar-refractivity contribution in [1.82, 2.24) is 10.2 Å². The molecule has 2 aromatic carbocycles. The van der Waals surface area contributed by atoms with Crippen LogP contribution in [0.25, 0.3) is 11.5 Å². The highest BCUT2D eigenvalue weighted by Crippen LogP contribution is 2.29. The summed E-state index contributed by atoms with van der Waals surface area (Å²) in [6.07, 6.45) is 0. The van der Waals surface area contributed by atoms with Crippen LogP contribution in [-0.4, -0.2) is 29.0 Å². The molecule has 0 aliphatic rings. The minimum Gasteiger partial charge on any atom is -0.495 e. The van der Waals surface area contributed by atoms with Gasteiger partial charge in [-0.05, 0) is 36.4 Å². The molecule has 26 heavy (non-hydrogen) atoms. The van der Waals surface area contributed by atoms with Crippen molar-refractivity contribution in [1.29, 1.82) is 0 Å². The molecule has 1 heterocycles. The van der Waals surface area contributed by atoms with Gasteiger partial charge >= 0.3 is 0 Å². The number of carbonyl (C=O) groups is 1. The number of carbonyl (C=O) groups excluding carboxylic acids is 1. The second-order valence-electron chi connectivity index (χ2n) is 5.06. The van der Waals surface area contributed by atoms with Crippen molar-refractivity contribution in [3.05, 3.63) is 52.0 Å². The van der Waals surface area contributed by atoms with Crippen LogP contribution in [-0.2, 0) is 4.79 Å². The summed E-state index contributed by atoms with van der Waals surface area (Å²) in [5.41, 5.74) is 1.30. The molecular weight excluding hydrogens is 442 g/mol. The Morgan fingerprint density at radius 1 is 1.31 bits per heavy atom. The molecule has 0 unspecified atom stereocenters. The highest BCUT2D eigenvalue weighted by Gasteiger charge is 2.13. The highest BCUT2D eigenvalue weighted by molar-refractivity contribution is 9.10. The summed E-state index contributed by atoms with van der Waals surface area (Å²) in [6.45, 7) is 0. The average molecular weight is 455 g/mol. The summed E-state index contributed by atoms with van der Waals surface area (Å²) in [5, 5.41) is 11.5. The molecule has 0 atom stereocenters. The number of hydrogen-bond acceptors (Lipinski definition) is 6. The van der Waals surface area contributed by atoms with E-state index in [1.165, 1.54) is 7.11 Å². The molecule has 3 rings (SSSR count). The number of amides is 1. The van der Waals surface area contributed by atoms with Gasteiger partial charge < -0.3 is 14.5 Å². The Hall–Kier alpha value is -2.03. The first-order chi connectivity index (χ1) is 12.5. The first-order valence-electron chi connectivity index (χ1n) is 7.41. The molecule has 0 aliphatic carbocycles. The second-order valence-corrected chi connectivity index (χ2v) is 7.34.